The molecule has 2 N–H and O–H groups in total. The van der Waals surface area contributed by atoms with E-state index in [4.69, 9.17) is 14.2 Å². The quantitative estimate of drug-likeness (QED) is 0.0996. The van der Waals surface area contributed by atoms with Crippen LogP contribution in [0.5, 0.6) is 5.75 Å². The highest BCUT2D eigenvalue weighted by molar-refractivity contribution is 8.00. The Morgan fingerprint density at radius 3 is 2.20 bits per heavy atom. The van der Waals surface area contributed by atoms with Gasteiger partial charge in [-0.3, -0.25) is 9.59 Å². The molecule has 0 spiro atoms. The Kier molecular flexibility index (Phi) is 14.5. The summed E-state index contributed by atoms with van der Waals surface area (Å²) < 4.78 is 43.4. The highest BCUT2D eigenvalue weighted by atomic mass is 32.2. The predicted octanol–water partition coefficient (Wildman–Crippen LogP) is 6.22. The number of nitrogens with zero attached hydrogens (tertiary/aromatic N) is 1. The first-order chi connectivity index (χ1) is 23.0. The van der Waals surface area contributed by atoms with Gasteiger partial charge >= 0.3 is 12.1 Å². The molecule has 0 aliphatic carbocycles. The number of nitrogens with one attached hydrogen (secondary N) is 1. The van der Waals surface area contributed by atoms with Crippen LogP contribution in [0, 0.1) is 0 Å². The van der Waals surface area contributed by atoms with Crippen LogP contribution >= 0.6 is 11.8 Å². The van der Waals surface area contributed by atoms with E-state index in [0.717, 1.165) is 11.1 Å². The van der Waals surface area contributed by atoms with Gasteiger partial charge in [-0.1, -0.05) is 62.4 Å². The molecule has 0 aromatic heterocycles. The van der Waals surface area contributed by atoms with Crippen LogP contribution in [-0.2, 0) is 24.3 Å². The molecule has 0 saturated heterocycles. The maximum atomic E-state index is 13.0. The number of ether oxygens (including phenoxy) is 3. The fourth-order valence-electron chi connectivity index (χ4n) is 4.54. The number of benzene rings is 3. The summed E-state index contributed by atoms with van der Waals surface area (Å²) in [5, 5.41) is 10.9. The largest absolute Gasteiger partial charge is 0.492 e. The molecule has 3 rings (SSSR count). The summed E-state index contributed by atoms with van der Waals surface area (Å²) in [5.74, 6) is -1.02. The van der Waals surface area contributed by atoms with Crippen molar-refractivity contribution >= 4 is 39.8 Å². The Morgan fingerprint density at radius 2 is 1.59 bits per heavy atom. The van der Waals surface area contributed by atoms with Crippen molar-refractivity contribution in [2.45, 2.75) is 69.8 Å². The summed E-state index contributed by atoms with van der Waals surface area (Å²) in [6.07, 6.45) is -1.38. The number of aliphatic hydroxyl groups excluding tert-OH is 1. The average Bonchev–Trinajstić information content (AvgIpc) is 3.02. The first-order valence-electron chi connectivity index (χ1n) is 16.0. The molecule has 266 valence electrons. The van der Waals surface area contributed by atoms with E-state index in [1.165, 1.54) is 23.6 Å². The summed E-state index contributed by atoms with van der Waals surface area (Å²) in [6.45, 7) is 10.9. The SMILES string of the molecule is CC(=O)OCCCS(=O)(=O)NC(=O)c1ccc(-c2ccc(OCCN(C[C@H](O)c3ccccc3)C(=O)OC(C)(C)C)cc2)cc1SC(C)C. The monoisotopic (exact) mass is 714 g/mol. The minimum Gasteiger partial charge on any atom is -0.492 e. The molecule has 0 aliphatic heterocycles. The van der Waals surface area contributed by atoms with Crippen LogP contribution in [0.2, 0.25) is 0 Å². The molecule has 0 heterocycles. The molecule has 11 nitrogen and oxygen atoms in total. The number of sulfonamides is 1. The number of rotatable bonds is 16. The molecule has 0 bridgehead atoms. The fourth-order valence-corrected chi connectivity index (χ4v) is 6.53. The van der Waals surface area contributed by atoms with Gasteiger partial charge in [0.05, 0.1) is 37.1 Å². The van der Waals surface area contributed by atoms with E-state index in [9.17, 15) is 27.9 Å². The number of esters is 1. The summed E-state index contributed by atoms with van der Waals surface area (Å²) in [5.41, 5.74) is 1.89. The molecule has 0 aliphatic rings. The molecular weight excluding hydrogens is 669 g/mol. The predicted molar refractivity (Wildman–Crippen MR) is 190 cm³/mol. The van der Waals surface area contributed by atoms with E-state index in [1.54, 1.807) is 57.2 Å². The Balaban J connectivity index is 1.68. The van der Waals surface area contributed by atoms with Crippen molar-refractivity contribution < 1.29 is 42.1 Å². The molecule has 0 fully saturated rings. The van der Waals surface area contributed by atoms with Gasteiger partial charge in [-0.15, -0.1) is 11.8 Å². The van der Waals surface area contributed by atoms with Gasteiger partial charge in [-0.05, 0) is 68.1 Å². The van der Waals surface area contributed by atoms with Crippen LogP contribution in [0.4, 0.5) is 4.79 Å². The number of amides is 2. The highest BCUT2D eigenvalue weighted by Crippen LogP contribution is 2.32. The first-order valence-corrected chi connectivity index (χ1v) is 18.5. The van der Waals surface area contributed by atoms with Gasteiger partial charge in [0.15, 0.2) is 0 Å². The standard InChI is InChI=1S/C36H46N2O9S2/c1-25(2)48-33-23-29(15-18-31(33)34(41)37-49(43,44)22-10-20-45-26(3)39)27-13-16-30(17-14-27)46-21-19-38(35(42)47-36(4,5)6)24-32(40)28-11-8-7-9-12-28/h7-9,11-18,23,25,32,40H,10,19-22,24H2,1-6H3,(H,37,41)/t32-/m0/s1. The average molecular weight is 715 g/mol. The van der Waals surface area contributed by atoms with Gasteiger partial charge in [0, 0.05) is 17.1 Å². The summed E-state index contributed by atoms with van der Waals surface area (Å²) >= 11 is 1.44. The van der Waals surface area contributed by atoms with E-state index in [2.05, 4.69) is 4.72 Å². The van der Waals surface area contributed by atoms with Crippen molar-refractivity contribution in [3.63, 3.8) is 0 Å². The number of aliphatic hydroxyl groups is 1. The van der Waals surface area contributed by atoms with Gasteiger partial charge < -0.3 is 24.2 Å². The molecule has 1 atom stereocenters. The summed E-state index contributed by atoms with van der Waals surface area (Å²) in [6, 6.07) is 21.6. The zero-order chi connectivity index (χ0) is 36.2. The maximum absolute atomic E-state index is 13.0. The lowest BCUT2D eigenvalue weighted by atomic mass is 10.0. The van der Waals surface area contributed by atoms with Crippen LogP contribution in [0.3, 0.4) is 0 Å². The summed E-state index contributed by atoms with van der Waals surface area (Å²) in [4.78, 5) is 38.9. The molecule has 0 unspecified atom stereocenters. The van der Waals surface area contributed by atoms with Crippen molar-refractivity contribution in [1.82, 2.24) is 9.62 Å². The molecular formula is C36H46N2O9S2. The van der Waals surface area contributed by atoms with Crippen molar-refractivity contribution in [3.05, 3.63) is 83.9 Å². The van der Waals surface area contributed by atoms with E-state index in [0.29, 0.717) is 16.2 Å². The number of thioether (sulfide) groups is 1. The first kappa shape index (κ1) is 39.4. The summed E-state index contributed by atoms with van der Waals surface area (Å²) in [7, 11) is -3.94. The molecule has 2 amide bonds. The number of hydrogen-bond acceptors (Lipinski definition) is 10. The normalized spacial score (nSPS) is 12.2. The van der Waals surface area contributed by atoms with E-state index >= 15 is 0 Å². The van der Waals surface area contributed by atoms with Crippen molar-refractivity contribution in [2.24, 2.45) is 0 Å². The van der Waals surface area contributed by atoms with Crippen molar-refractivity contribution in [3.8, 4) is 16.9 Å². The van der Waals surface area contributed by atoms with Crippen LogP contribution in [0.15, 0.2) is 77.7 Å². The Hall–Kier alpha value is -4.07. The smallest absolute Gasteiger partial charge is 0.410 e. The third kappa shape index (κ3) is 13.8. The minimum atomic E-state index is -3.94. The minimum absolute atomic E-state index is 0.0357. The zero-order valence-corrected chi connectivity index (χ0v) is 30.4. The third-order valence-electron chi connectivity index (χ3n) is 6.75. The highest BCUT2D eigenvalue weighted by Gasteiger charge is 2.25. The van der Waals surface area contributed by atoms with Gasteiger partial charge in [0.2, 0.25) is 10.0 Å². The van der Waals surface area contributed by atoms with Gasteiger partial charge in [-0.25, -0.2) is 17.9 Å². The van der Waals surface area contributed by atoms with Crippen LogP contribution < -0.4 is 9.46 Å². The van der Waals surface area contributed by atoms with E-state index in [1.807, 2.05) is 50.2 Å². The van der Waals surface area contributed by atoms with Crippen molar-refractivity contribution in [2.75, 3.05) is 32.1 Å². The maximum Gasteiger partial charge on any atom is 0.410 e. The Labute approximate surface area is 293 Å². The Morgan fingerprint density at radius 1 is 0.939 bits per heavy atom. The zero-order valence-electron chi connectivity index (χ0n) is 28.8. The van der Waals surface area contributed by atoms with Gasteiger partial charge in [0.25, 0.3) is 5.91 Å². The van der Waals surface area contributed by atoms with Crippen LogP contribution in [-0.4, -0.2) is 79.3 Å². The van der Waals surface area contributed by atoms with Crippen LogP contribution in [0.1, 0.15) is 70.0 Å². The second-order valence-electron chi connectivity index (χ2n) is 12.5. The molecule has 3 aromatic rings. The van der Waals surface area contributed by atoms with Crippen LogP contribution in [0.25, 0.3) is 11.1 Å². The van der Waals surface area contributed by atoms with Gasteiger partial charge in [0.1, 0.15) is 18.0 Å². The molecule has 3 aromatic carbocycles. The number of hydrogen-bond donors (Lipinski definition) is 2. The molecule has 0 radical (unpaired) electrons. The lowest BCUT2D eigenvalue weighted by Gasteiger charge is -2.29. The fraction of sp³-hybridized carbons (Fsp3) is 0.417. The molecule has 0 saturated carbocycles. The second kappa shape index (κ2) is 18.1. The lowest BCUT2D eigenvalue weighted by molar-refractivity contribution is -0.140. The second-order valence-corrected chi connectivity index (χ2v) is 16.0. The Bertz CT molecular complexity index is 1660. The van der Waals surface area contributed by atoms with E-state index < -0.39 is 39.7 Å². The third-order valence-corrected chi connectivity index (χ3v) is 9.13. The number of carbonyl (C=O) groups excluding carboxylic acids is 3. The van der Waals surface area contributed by atoms with Gasteiger partial charge in [-0.2, -0.15) is 0 Å². The topological polar surface area (TPSA) is 149 Å². The lowest BCUT2D eigenvalue weighted by Crippen LogP contribution is -2.41. The molecule has 49 heavy (non-hydrogen) atoms. The molecule has 13 heteroatoms. The van der Waals surface area contributed by atoms with E-state index in [-0.39, 0.29) is 49.3 Å². The number of carbonyl (C=O) groups is 3. The van der Waals surface area contributed by atoms with Crippen molar-refractivity contribution in [1.29, 1.82) is 0 Å².